The highest BCUT2D eigenvalue weighted by molar-refractivity contribution is 14.1. The predicted octanol–water partition coefficient (Wildman–Crippen LogP) is 3.47. The molecule has 3 nitrogen and oxygen atoms in total. The molecular formula is C14H15F3INO2. The summed E-state index contributed by atoms with van der Waals surface area (Å²) in [7, 11) is 0. The molecular weight excluding hydrogens is 398 g/mol. The van der Waals surface area contributed by atoms with Crippen LogP contribution in [0, 0.1) is 3.57 Å². The van der Waals surface area contributed by atoms with E-state index < -0.39 is 24.7 Å². The second kappa shape index (κ2) is 6.95. The summed E-state index contributed by atoms with van der Waals surface area (Å²) in [6.45, 7) is -0.447. The average molecular weight is 413 g/mol. The van der Waals surface area contributed by atoms with Crippen LogP contribution < -0.4 is 0 Å². The monoisotopic (exact) mass is 413 g/mol. The first-order valence-corrected chi connectivity index (χ1v) is 7.66. The van der Waals surface area contributed by atoms with E-state index in [2.05, 4.69) is 0 Å². The van der Waals surface area contributed by atoms with Gasteiger partial charge in [0, 0.05) is 22.8 Å². The van der Waals surface area contributed by atoms with E-state index >= 15 is 0 Å². The van der Waals surface area contributed by atoms with E-state index in [9.17, 15) is 18.0 Å². The minimum atomic E-state index is -4.41. The number of halogens is 4. The minimum Gasteiger partial charge on any atom is -0.381 e. The lowest BCUT2D eigenvalue weighted by Crippen LogP contribution is -2.48. The highest BCUT2D eigenvalue weighted by atomic mass is 127. The zero-order chi connectivity index (χ0) is 15.5. The fourth-order valence-corrected chi connectivity index (χ4v) is 2.96. The molecule has 1 aliphatic heterocycles. The van der Waals surface area contributed by atoms with Crippen LogP contribution in [0.4, 0.5) is 13.2 Å². The molecule has 1 heterocycles. The van der Waals surface area contributed by atoms with Gasteiger partial charge in [-0.1, -0.05) is 12.1 Å². The highest BCUT2D eigenvalue weighted by Gasteiger charge is 2.37. The van der Waals surface area contributed by atoms with Crippen molar-refractivity contribution >= 4 is 28.5 Å². The molecule has 7 heteroatoms. The summed E-state index contributed by atoms with van der Waals surface area (Å²) in [5, 5.41) is 0. The van der Waals surface area contributed by atoms with Crippen molar-refractivity contribution in [2.24, 2.45) is 0 Å². The minimum absolute atomic E-state index is 0.314. The van der Waals surface area contributed by atoms with Gasteiger partial charge in [-0.15, -0.1) is 0 Å². The smallest absolute Gasteiger partial charge is 0.381 e. The number of alkyl halides is 3. The number of rotatable bonds is 3. The van der Waals surface area contributed by atoms with Crippen LogP contribution in [0.5, 0.6) is 0 Å². The van der Waals surface area contributed by atoms with Gasteiger partial charge in [-0.2, -0.15) is 13.2 Å². The molecule has 0 spiro atoms. The van der Waals surface area contributed by atoms with Crippen LogP contribution in [0.2, 0.25) is 0 Å². The third kappa shape index (κ3) is 4.57. The van der Waals surface area contributed by atoms with Crippen LogP contribution in [0.3, 0.4) is 0 Å². The van der Waals surface area contributed by atoms with Crippen molar-refractivity contribution in [1.29, 1.82) is 0 Å². The van der Waals surface area contributed by atoms with Gasteiger partial charge in [0.1, 0.15) is 6.54 Å². The van der Waals surface area contributed by atoms with Crippen LogP contribution in [0.1, 0.15) is 23.2 Å². The Bertz CT molecular complexity index is 501. The Morgan fingerprint density at radius 3 is 2.48 bits per heavy atom. The Balaban J connectivity index is 2.25. The summed E-state index contributed by atoms with van der Waals surface area (Å²) in [5.74, 6) is -0.566. The lowest BCUT2D eigenvalue weighted by molar-refractivity contribution is -0.147. The van der Waals surface area contributed by atoms with Crippen molar-refractivity contribution in [2.75, 3.05) is 19.8 Å². The molecule has 1 saturated heterocycles. The van der Waals surface area contributed by atoms with Gasteiger partial charge >= 0.3 is 6.18 Å². The van der Waals surface area contributed by atoms with Gasteiger partial charge < -0.3 is 9.64 Å². The standard InChI is InChI=1S/C14H15F3INO2/c15-14(16,17)9-19(10-5-7-21-8-6-10)13(20)11-3-1-2-4-12(11)18/h1-4,10H,5-9H2. The molecule has 2 rings (SSSR count). The van der Waals surface area contributed by atoms with Gasteiger partial charge in [0.05, 0.1) is 5.56 Å². The van der Waals surface area contributed by atoms with Crippen molar-refractivity contribution in [3.05, 3.63) is 33.4 Å². The molecule has 1 aliphatic rings. The fourth-order valence-electron chi connectivity index (χ4n) is 2.35. The number of carbonyl (C=O) groups is 1. The van der Waals surface area contributed by atoms with Crippen molar-refractivity contribution in [3.8, 4) is 0 Å². The van der Waals surface area contributed by atoms with E-state index in [4.69, 9.17) is 4.74 Å². The van der Waals surface area contributed by atoms with Crippen LogP contribution in [0.25, 0.3) is 0 Å². The van der Waals surface area contributed by atoms with Crippen LogP contribution in [0.15, 0.2) is 24.3 Å². The number of carbonyl (C=O) groups excluding carboxylic acids is 1. The van der Waals surface area contributed by atoms with Crippen LogP contribution in [-0.2, 0) is 4.74 Å². The molecule has 0 aromatic heterocycles. The Kier molecular flexibility index (Phi) is 5.48. The molecule has 0 N–H and O–H groups in total. The molecule has 0 radical (unpaired) electrons. The SMILES string of the molecule is O=C(c1ccccc1I)N(CC(F)(F)F)C1CCOCC1. The quantitative estimate of drug-likeness (QED) is 0.711. The van der Waals surface area contributed by atoms with Gasteiger partial charge in [0.25, 0.3) is 5.91 Å². The van der Waals surface area contributed by atoms with Gasteiger partial charge in [0.2, 0.25) is 0 Å². The summed E-state index contributed by atoms with van der Waals surface area (Å²) in [6, 6.07) is 6.26. The maximum Gasteiger partial charge on any atom is 0.406 e. The molecule has 21 heavy (non-hydrogen) atoms. The Labute approximate surface area is 134 Å². The largest absolute Gasteiger partial charge is 0.406 e. The van der Waals surface area contributed by atoms with Gasteiger partial charge in [-0.3, -0.25) is 4.79 Å². The molecule has 0 atom stereocenters. The number of benzene rings is 1. The molecule has 1 amide bonds. The van der Waals surface area contributed by atoms with Crippen LogP contribution in [-0.4, -0.2) is 42.8 Å². The lowest BCUT2D eigenvalue weighted by atomic mass is 10.1. The lowest BCUT2D eigenvalue weighted by Gasteiger charge is -2.35. The highest BCUT2D eigenvalue weighted by Crippen LogP contribution is 2.25. The molecule has 1 aromatic rings. The van der Waals surface area contributed by atoms with E-state index in [0.717, 1.165) is 4.90 Å². The van der Waals surface area contributed by atoms with Crippen molar-refractivity contribution < 1.29 is 22.7 Å². The second-order valence-electron chi connectivity index (χ2n) is 4.87. The third-order valence-corrected chi connectivity index (χ3v) is 4.29. The molecule has 1 aromatic carbocycles. The maximum absolute atomic E-state index is 12.8. The van der Waals surface area contributed by atoms with E-state index in [1.807, 2.05) is 22.6 Å². The Hall–Kier alpha value is -0.830. The molecule has 0 aliphatic carbocycles. The number of hydrogen-bond donors (Lipinski definition) is 0. The summed E-state index contributed by atoms with van der Waals surface area (Å²) in [6.07, 6.45) is -3.54. The third-order valence-electron chi connectivity index (χ3n) is 3.35. The van der Waals surface area contributed by atoms with E-state index in [0.29, 0.717) is 35.2 Å². The zero-order valence-corrected chi connectivity index (χ0v) is 13.4. The summed E-state index contributed by atoms with van der Waals surface area (Å²) in [5.41, 5.74) is 0.314. The summed E-state index contributed by atoms with van der Waals surface area (Å²) >= 11 is 1.96. The fraction of sp³-hybridized carbons (Fsp3) is 0.500. The van der Waals surface area contributed by atoms with Crippen LogP contribution >= 0.6 is 22.6 Å². The molecule has 0 bridgehead atoms. The predicted molar refractivity (Wildman–Crippen MR) is 80.1 cm³/mol. The molecule has 1 fully saturated rings. The topological polar surface area (TPSA) is 29.5 Å². The second-order valence-corrected chi connectivity index (χ2v) is 6.03. The average Bonchev–Trinajstić information content (AvgIpc) is 2.45. The number of amides is 1. The normalized spacial score (nSPS) is 16.8. The summed E-state index contributed by atoms with van der Waals surface area (Å²) in [4.78, 5) is 13.5. The van der Waals surface area contributed by atoms with Crippen molar-refractivity contribution in [2.45, 2.75) is 25.1 Å². The number of nitrogens with zero attached hydrogens (tertiary/aromatic N) is 1. The molecule has 116 valence electrons. The summed E-state index contributed by atoms with van der Waals surface area (Å²) < 4.78 is 44.3. The Morgan fingerprint density at radius 1 is 1.29 bits per heavy atom. The Morgan fingerprint density at radius 2 is 1.90 bits per heavy atom. The van der Waals surface area contributed by atoms with Gasteiger partial charge in [0.15, 0.2) is 0 Å². The molecule has 0 saturated carbocycles. The molecule has 0 unspecified atom stereocenters. The van der Waals surface area contributed by atoms with Gasteiger partial charge in [-0.25, -0.2) is 0 Å². The van der Waals surface area contributed by atoms with Gasteiger partial charge in [-0.05, 0) is 47.6 Å². The van der Waals surface area contributed by atoms with E-state index in [-0.39, 0.29) is 0 Å². The number of ether oxygens (including phenoxy) is 1. The maximum atomic E-state index is 12.8. The first kappa shape index (κ1) is 16.5. The first-order chi connectivity index (χ1) is 9.88. The number of hydrogen-bond acceptors (Lipinski definition) is 2. The van der Waals surface area contributed by atoms with E-state index in [1.54, 1.807) is 24.3 Å². The zero-order valence-electron chi connectivity index (χ0n) is 11.2. The van der Waals surface area contributed by atoms with Crippen molar-refractivity contribution in [1.82, 2.24) is 4.90 Å². The van der Waals surface area contributed by atoms with E-state index in [1.165, 1.54) is 0 Å². The first-order valence-electron chi connectivity index (χ1n) is 6.58. The van der Waals surface area contributed by atoms with Crippen molar-refractivity contribution in [3.63, 3.8) is 0 Å².